The van der Waals surface area contributed by atoms with Crippen molar-refractivity contribution in [3.63, 3.8) is 0 Å². The molecule has 0 saturated carbocycles. The topological polar surface area (TPSA) is 106 Å². The summed E-state index contributed by atoms with van der Waals surface area (Å²) in [6, 6.07) is 21.0. The third kappa shape index (κ3) is 7.90. The Kier molecular flexibility index (Phi) is 12.4. The fourth-order valence-electron chi connectivity index (χ4n) is 5.41. The number of nitrogens with zero attached hydrogens (tertiary/aromatic N) is 4. The zero-order valence-electron chi connectivity index (χ0n) is 24.6. The maximum atomic E-state index is 10.4. The van der Waals surface area contributed by atoms with Gasteiger partial charge < -0.3 is 21.3 Å². The molecule has 6 atom stereocenters. The molecule has 2 aromatic rings. The van der Waals surface area contributed by atoms with Crippen LogP contribution in [0.25, 0.3) is 0 Å². The lowest BCUT2D eigenvalue weighted by atomic mass is 9.82. The Morgan fingerprint density at radius 3 is 1.17 bits per heavy atom. The molecule has 0 amide bonds. The van der Waals surface area contributed by atoms with Crippen LogP contribution in [0.1, 0.15) is 48.6 Å². The van der Waals surface area contributed by atoms with E-state index in [0.717, 1.165) is 22.5 Å². The van der Waals surface area contributed by atoms with Gasteiger partial charge in [0, 0.05) is 83.8 Å². The molecular formula is C32H42N6S4. The Morgan fingerprint density at radius 1 is 0.595 bits per heavy atom. The molecule has 0 aliphatic heterocycles. The Morgan fingerprint density at radius 2 is 0.905 bits per heavy atom. The molecule has 10 heteroatoms. The summed E-state index contributed by atoms with van der Waals surface area (Å²) >= 11 is 19.7. The van der Waals surface area contributed by atoms with Gasteiger partial charge in [-0.1, -0.05) is 24.3 Å². The lowest BCUT2D eigenvalue weighted by Gasteiger charge is -2.30. The smallest absolute Gasteiger partial charge is 0.0972 e. The Bertz CT molecular complexity index is 1250. The highest BCUT2D eigenvalue weighted by atomic mass is 32.1. The quantitative estimate of drug-likeness (QED) is 0.232. The summed E-state index contributed by atoms with van der Waals surface area (Å²) < 4.78 is 0. The second-order valence-corrected chi connectivity index (χ2v) is 13.8. The van der Waals surface area contributed by atoms with Crippen molar-refractivity contribution in [2.24, 2.45) is 11.5 Å². The van der Waals surface area contributed by atoms with Gasteiger partial charge in [-0.25, -0.2) is 0 Å². The van der Waals surface area contributed by atoms with Gasteiger partial charge in [-0.3, -0.25) is 0 Å². The first kappa shape index (κ1) is 34.0. The molecule has 3 rings (SSSR count). The van der Waals surface area contributed by atoms with E-state index < -0.39 is 0 Å². The summed E-state index contributed by atoms with van der Waals surface area (Å²) in [6.45, 7) is 0. The molecule has 0 bridgehead atoms. The third-order valence-electron chi connectivity index (χ3n) is 7.98. The molecule has 4 N–H and O–H groups in total. The maximum absolute atomic E-state index is 10.4. The first-order valence-corrected chi connectivity index (χ1v) is 16.0. The van der Waals surface area contributed by atoms with E-state index in [1.165, 1.54) is 0 Å². The van der Waals surface area contributed by atoms with Crippen molar-refractivity contribution in [2.45, 2.75) is 58.5 Å². The number of benzene rings is 2. The molecule has 0 fully saturated rings. The van der Waals surface area contributed by atoms with E-state index in [-0.39, 0.29) is 32.8 Å². The molecule has 6 nitrogen and oxygen atoms in total. The molecule has 1 aliphatic rings. The summed E-state index contributed by atoms with van der Waals surface area (Å²) in [6.07, 6.45) is 2.32. The van der Waals surface area contributed by atoms with Crippen LogP contribution in [0.5, 0.6) is 0 Å². The summed E-state index contributed by atoms with van der Waals surface area (Å²) in [4.78, 5) is 4.06. The van der Waals surface area contributed by atoms with Gasteiger partial charge in [-0.05, 0) is 61.1 Å². The predicted molar refractivity (Wildman–Crippen MR) is 190 cm³/mol. The van der Waals surface area contributed by atoms with Crippen molar-refractivity contribution in [3.05, 3.63) is 82.2 Å². The van der Waals surface area contributed by atoms with E-state index in [9.17, 15) is 10.5 Å². The minimum Gasteiger partial charge on any atom is -0.400 e. The largest absolute Gasteiger partial charge is 0.400 e. The van der Waals surface area contributed by atoms with E-state index in [2.05, 4.69) is 12.1 Å². The number of nitriles is 2. The Labute approximate surface area is 273 Å². The van der Waals surface area contributed by atoms with Crippen LogP contribution in [0.2, 0.25) is 0 Å². The normalized spacial score (nSPS) is 29.6. The lowest BCUT2D eigenvalue weighted by molar-refractivity contribution is 0.615. The monoisotopic (exact) mass is 638 g/mol. The number of nitrogens with two attached hydrogens (primary N) is 2. The number of hydrogen-bond donors (Lipinski definition) is 6. The summed E-state index contributed by atoms with van der Waals surface area (Å²) in [5, 5.41) is 19.5. The average molecular weight is 639 g/mol. The van der Waals surface area contributed by atoms with Crippen molar-refractivity contribution in [3.8, 4) is 12.1 Å². The second-order valence-electron chi connectivity index (χ2n) is 11.2. The second kappa shape index (κ2) is 15.3. The van der Waals surface area contributed by atoms with E-state index >= 15 is 0 Å². The van der Waals surface area contributed by atoms with Gasteiger partial charge in [0.1, 0.15) is 0 Å². The average Bonchev–Trinajstić information content (AvgIpc) is 2.98. The summed E-state index contributed by atoms with van der Waals surface area (Å²) in [5.41, 5.74) is 19.3. The van der Waals surface area contributed by atoms with Crippen LogP contribution in [0.15, 0.2) is 71.1 Å². The molecule has 1 aliphatic carbocycles. The van der Waals surface area contributed by atoms with E-state index in [1.807, 2.05) is 86.5 Å². The molecule has 0 spiro atoms. The van der Waals surface area contributed by atoms with Crippen molar-refractivity contribution < 1.29 is 0 Å². The number of hydrogen-bond acceptors (Lipinski definition) is 10. The van der Waals surface area contributed by atoms with Crippen molar-refractivity contribution in [2.75, 3.05) is 38.0 Å². The highest BCUT2D eigenvalue weighted by Gasteiger charge is 2.32. The lowest BCUT2D eigenvalue weighted by Crippen LogP contribution is -2.27. The first-order valence-electron chi connectivity index (χ1n) is 14.0. The SMILES string of the molecule is CN(C)c1ccc(C2/C(C#N)=C(/N)C(S)CCC(S)C(c3ccc(N(C)C)cc3)/C(C#N)=C(/N)C(S)CCC2S)cc1. The van der Waals surface area contributed by atoms with Crippen molar-refractivity contribution >= 4 is 61.9 Å². The van der Waals surface area contributed by atoms with Crippen LogP contribution in [0.4, 0.5) is 11.4 Å². The van der Waals surface area contributed by atoms with Crippen LogP contribution >= 0.6 is 50.5 Å². The number of thiol groups is 4. The zero-order valence-corrected chi connectivity index (χ0v) is 28.2. The minimum absolute atomic E-state index is 0.244. The van der Waals surface area contributed by atoms with Crippen LogP contribution in [0.3, 0.4) is 0 Å². The van der Waals surface area contributed by atoms with Crippen LogP contribution < -0.4 is 21.3 Å². The van der Waals surface area contributed by atoms with Gasteiger partial charge in [0.2, 0.25) is 0 Å². The van der Waals surface area contributed by atoms with Crippen molar-refractivity contribution in [1.82, 2.24) is 0 Å². The number of anilines is 2. The fourth-order valence-corrected chi connectivity index (χ4v) is 6.93. The van der Waals surface area contributed by atoms with Gasteiger partial charge in [0.05, 0.1) is 23.3 Å². The molecule has 0 heterocycles. The fraction of sp³-hybridized carbons (Fsp3) is 0.438. The molecule has 42 heavy (non-hydrogen) atoms. The molecule has 224 valence electrons. The minimum atomic E-state index is -0.373. The molecule has 6 unspecified atom stereocenters. The van der Waals surface area contributed by atoms with Gasteiger partial charge in [-0.2, -0.15) is 61.0 Å². The van der Waals surface area contributed by atoms with E-state index in [0.29, 0.717) is 48.2 Å². The summed E-state index contributed by atoms with van der Waals surface area (Å²) in [7, 11) is 7.95. The molecular weight excluding hydrogens is 597 g/mol. The Balaban J connectivity index is 2.10. The summed E-state index contributed by atoms with van der Waals surface area (Å²) in [5.74, 6) is -0.689. The highest BCUT2D eigenvalue weighted by molar-refractivity contribution is 7.81. The standard InChI is InChI=1S/C32H42N6S4/c1-37(2)21-9-5-19(6-10-21)29-23(17-33)31(35)27(41)16-14-26(40)30(20-7-11-22(12-8-20)38(3)4)24(18-34)32(36)28(42)15-13-25(29)39/h5-12,25-30,39-42H,13-16,35-36H2,1-4H3/b31-23+,32-24+. The van der Waals surface area contributed by atoms with Gasteiger partial charge in [-0.15, -0.1) is 0 Å². The predicted octanol–water partition coefficient (Wildman–Crippen LogP) is 5.93. The number of allylic oxidation sites excluding steroid dienone is 2. The van der Waals surface area contributed by atoms with Gasteiger partial charge in [0.15, 0.2) is 0 Å². The zero-order chi connectivity index (χ0) is 31.1. The third-order valence-corrected chi connectivity index (χ3v) is 10.2. The van der Waals surface area contributed by atoms with Crippen LogP contribution in [0, 0.1) is 22.7 Å². The van der Waals surface area contributed by atoms with Crippen LogP contribution in [-0.2, 0) is 0 Å². The van der Waals surface area contributed by atoms with E-state index in [1.54, 1.807) is 0 Å². The van der Waals surface area contributed by atoms with Gasteiger partial charge in [0.25, 0.3) is 0 Å². The molecule has 0 aromatic heterocycles. The first-order chi connectivity index (χ1) is 19.9. The highest BCUT2D eigenvalue weighted by Crippen LogP contribution is 2.40. The van der Waals surface area contributed by atoms with E-state index in [4.69, 9.17) is 62.0 Å². The number of rotatable bonds is 4. The molecule has 0 radical (unpaired) electrons. The maximum Gasteiger partial charge on any atom is 0.0972 e. The molecule has 2 aromatic carbocycles. The molecule has 0 saturated heterocycles. The van der Waals surface area contributed by atoms with Gasteiger partial charge >= 0.3 is 0 Å². The van der Waals surface area contributed by atoms with Crippen LogP contribution in [-0.4, -0.2) is 49.2 Å². The Hall–Kier alpha value is -2.50. The van der Waals surface area contributed by atoms with Crippen molar-refractivity contribution in [1.29, 1.82) is 10.5 Å².